The second kappa shape index (κ2) is 8.94. The summed E-state index contributed by atoms with van der Waals surface area (Å²) >= 11 is 1.82. The number of ether oxygens (including phenoxy) is 1. The summed E-state index contributed by atoms with van der Waals surface area (Å²) in [6.45, 7) is 3.68. The predicted octanol–water partition coefficient (Wildman–Crippen LogP) is 2.19. The van der Waals surface area contributed by atoms with Crippen molar-refractivity contribution in [3.63, 3.8) is 0 Å². The summed E-state index contributed by atoms with van der Waals surface area (Å²) < 4.78 is 5.44. The molecule has 0 atom stereocenters. The molecule has 1 aromatic carbocycles. The summed E-state index contributed by atoms with van der Waals surface area (Å²) in [7, 11) is 0. The Bertz CT molecular complexity index is 348. The Hall–Kier alpha value is -1.07. The number of nitrogens with one attached hydrogen (secondary N) is 1. The average molecular weight is 270 g/mol. The third-order valence-corrected chi connectivity index (χ3v) is 3.44. The van der Waals surface area contributed by atoms with Gasteiger partial charge in [0.25, 0.3) is 0 Å². The van der Waals surface area contributed by atoms with E-state index < -0.39 is 0 Å². The van der Waals surface area contributed by atoms with Gasteiger partial charge in [-0.2, -0.15) is 11.8 Å². The van der Waals surface area contributed by atoms with E-state index >= 15 is 0 Å². The zero-order valence-electron chi connectivity index (χ0n) is 10.8. The Labute approximate surface area is 113 Å². The molecule has 5 heteroatoms. The van der Waals surface area contributed by atoms with Gasteiger partial charge in [-0.25, -0.2) is 0 Å². The van der Waals surface area contributed by atoms with Gasteiger partial charge in [0.05, 0.1) is 18.0 Å². The Morgan fingerprint density at radius 3 is 2.94 bits per heavy atom. The van der Waals surface area contributed by atoms with Crippen LogP contribution in [0.5, 0.6) is 5.75 Å². The summed E-state index contributed by atoms with van der Waals surface area (Å²) in [5, 5.41) is 12.0. The lowest BCUT2D eigenvalue weighted by Gasteiger charge is -2.12. The average Bonchev–Trinajstić information content (AvgIpc) is 2.38. The van der Waals surface area contributed by atoms with Gasteiger partial charge in [0.15, 0.2) is 0 Å². The van der Waals surface area contributed by atoms with Gasteiger partial charge in [0.2, 0.25) is 0 Å². The van der Waals surface area contributed by atoms with Gasteiger partial charge < -0.3 is 20.9 Å². The number of aliphatic hydroxyl groups excluding tert-OH is 1. The fourth-order valence-corrected chi connectivity index (χ4v) is 2.29. The van der Waals surface area contributed by atoms with E-state index in [1.165, 1.54) is 0 Å². The van der Waals surface area contributed by atoms with Crippen LogP contribution in [-0.2, 0) is 0 Å². The van der Waals surface area contributed by atoms with Crippen molar-refractivity contribution in [2.75, 3.05) is 42.3 Å². The van der Waals surface area contributed by atoms with Gasteiger partial charge in [0, 0.05) is 18.9 Å². The van der Waals surface area contributed by atoms with E-state index in [2.05, 4.69) is 5.32 Å². The van der Waals surface area contributed by atoms with Crippen LogP contribution in [-0.4, -0.2) is 36.4 Å². The van der Waals surface area contributed by atoms with Gasteiger partial charge in [-0.3, -0.25) is 0 Å². The van der Waals surface area contributed by atoms with Gasteiger partial charge >= 0.3 is 0 Å². The molecule has 1 rings (SSSR count). The first kappa shape index (κ1) is 15.0. The van der Waals surface area contributed by atoms with Crippen molar-refractivity contribution >= 4 is 23.1 Å². The highest BCUT2D eigenvalue weighted by Crippen LogP contribution is 2.29. The molecule has 0 aliphatic heterocycles. The second-order valence-corrected chi connectivity index (χ2v) is 4.99. The number of rotatable bonds is 9. The third kappa shape index (κ3) is 5.06. The molecular formula is C13H22N2O2S. The zero-order chi connectivity index (χ0) is 13.2. The molecule has 0 aliphatic rings. The molecule has 0 spiro atoms. The minimum Gasteiger partial charge on any atom is -0.492 e. The topological polar surface area (TPSA) is 67.5 Å². The molecule has 0 amide bonds. The highest BCUT2D eigenvalue weighted by molar-refractivity contribution is 7.99. The van der Waals surface area contributed by atoms with Crippen molar-refractivity contribution in [3.8, 4) is 5.75 Å². The van der Waals surface area contributed by atoms with Crippen LogP contribution in [0.2, 0.25) is 0 Å². The van der Waals surface area contributed by atoms with Crippen molar-refractivity contribution in [1.29, 1.82) is 0 Å². The van der Waals surface area contributed by atoms with Crippen molar-refractivity contribution in [2.24, 2.45) is 0 Å². The van der Waals surface area contributed by atoms with E-state index in [9.17, 15) is 0 Å². The lowest BCUT2D eigenvalue weighted by atomic mass is 10.2. The van der Waals surface area contributed by atoms with E-state index in [4.69, 9.17) is 15.6 Å². The van der Waals surface area contributed by atoms with Crippen LogP contribution in [0.1, 0.15) is 13.3 Å². The van der Waals surface area contributed by atoms with Crippen LogP contribution < -0.4 is 15.8 Å². The molecule has 1 aromatic rings. The van der Waals surface area contributed by atoms with Gasteiger partial charge in [-0.15, -0.1) is 0 Å². The smallest absolute Gasteiger partial charge is 0.144 e. The maximum Gasteiger partial charge on any atom is 0.144 e. The number of hydrogen-bond donors (Lipinski definition) is 3. The van der Waals surface area contributed by atoms with E-state index in [1.54, 1.807) is 0 Å². The molecule has 0 aromatic heterocycles. The van der Waals surface area contributed by atoms with E-state index in [1.807, 2.05) is 36.9 Å². The maximum atomic E-state index is 8.66. The first-order chi connectivity index (χ1) is 8.79. The molecule has 0 aliphatic carbocycles. The standard InChI is InChI=1S/C13H22N2O2S/c1-2-17-12-6-3-5-11(13(12)14)15-7-10-18-9-4-8-16/h3,5-6,15-16H,2,4,7-10,14H2,1H3. The summed E-state index contributed by atoms with van der Waals surface area (Å²) in [5.41, 5.74) is 7.59. The summed E-state index contributed by atoms with van der Waals surface area (Å²) in [6.07, 6.45) is 0.854. The van der Waals surface area contributed by atoms with Crippen molar-refractivity contribution < 1.29 is 9.84 Å². The Morgan fingerprint density at radius 1 is 1.39 bits per heavy atom. The van der Waals surface area contributed by atoms with Crippen molar-refractivity contribution in [2.45, 2.75) is 13.3 Å². The zero-order valence-corrected chi connectivity index (χ0v) is 11.6. The SMILES string of the molecule is CCOc1cccc(NCCSCCCO)c1N. The molecule has 0 radical (unpaired) electrons. The minimum atomic E-state index is 0.268. The molecule has 0 saturated heterocycles. The molecule has 0 fully saturated rings. The summed E-state index contributed by atoms with van der Waals surface area (Å²) in [6, 6.07) is 5.76. The van der Waals surface area contributed by atoms with E-state index in [0.29, 0.717) is 12.3 Å². The van der Waals surface area contributed by atoms with Crippen LogP contribution in [0.3, 0.4) is 0 Å². The second-order valence-electron chi connectivity index (χ2n) is 3.77. The first-order valence-electron chi connectivity index (χ1n) is 6.23. The fraction of sp³-hybridized carbons (Fsp3) is 0.538. The number of para-hydroxylation sites is 1. The molecule has 4 N–H and O–H groups in total. The number of nitrogen functional groups attached to an aromatic ring is 1. The van der Waals surface area contributed by atoms with Crippen LogP contribution in [0.4, 0.5) is 11.4 Å². The number of thioether (sulfide) groups is 1. The highest BCUT2D eigenvalue weighted by atomic mass is 32.2. The fourth-order valence-electron chi connectivity index (χ4n) is 1.51. The highest BCUT2D eigenvalue weighted by Gasteiger charge is 2.04. The molecule has 0 bridgehead atoms. The molecule has 102 valence electrons. The number of nitrogens with two attached hydrogens (primary N) is 1. The first-order valence-corrected chi connectivity index (χ1v) is 7.38. The molecular weight excluding hydrogens is 248 g/mol. The monoisotopic (exact) mass is 270 g/mol. The maximum absolute atomic E-state index is 8.66. The van der Waals surface area contributed by atoms with Crippen LogP contribution >= 0.6 is 11.8 Å². The van der Waals surface area contributed by atoms with Crippen molar-refractivity contribution in [1.82, 2.24) is 0 Å². The van der Waals surface area contributed by atoms with E-state index in [0.717, 1.165) is 35.9 Å². The summed E-state index contributed by atoms with van der Waals surface area (Å²) in [5.74, 6) is 2.72. The van der Waals surface area contributed by atoms with Crippen LogP contribution in [0.25, 0.3) is 0 Å². The van der Waals surface area contributed by atoms with E-state index in [-0.39, 0.29) is 6.61 Å². The molecule has 4 nitrogen and oxygen atoms in total. The molecule has 18 heavy (non-hydrogen) atoms. The van der Waals surface area contributed by atoms with Crippen LogP contribution in [0, 0.1) is 0 Å². The van der Waals surface area contributed by atoms with Gasteiger partial charge in [-0.05, 0) is 31.2 Å². The summed E-state index contributed by atoms with van der Waals surface area (Å²) in [4.78, 5) is 0. The Morgan fingerprint density at radius 2 is 2.22 bits per heavy atom. The predicted molar refractivity (Wildman–Crippen MR) is 79.5 cm³/mol. The van der Waals surface area contributed by atoms with Crippen molar-refractivity contribution in [3.05, 3.63) is 18.2 Å². The lowest BCUT2D eigenvalue weighted by Crippen LogP contribution is -2.08. The number of anilines is 2. The number of benzene rings is 1. The number of aliphatic hydroxyl groups is 1. The largest absolute Gasteiger partial charge is 0.492 e. The van der Waals surface area contributed by atoms with Gasteiger partial charge in [0.1, 0.15) is 5.75 Å². The molecule has 0 unspecified atom stereocenters. The minimum absolute atomic E-state index is 0.268. The lowest BCUT2D eigenvalue weighted by molar-refractivity contribution is 0.296. The van der Waals surface area contributed by atoms with Gasteiger partial charge in [-0.1, -0.05) is 6.07 Å². The van der Waals surface area contributed by atoms with Crippen LogP contribution in [0.15, 0.2) is 18.2 Å². The Kier molecular flexibility index (Phi) is 7.44. The molecule has 0 heterocycles. The quantitative estimate of drug-likeness (QED) is 0.474. The molecule has 0 saturated carbocycles. The Balaban J connectivity index is 2.35. The third-order valence-electron chi connectivity index (χ3n) is 2.37. The number of hydrogen-bond acceptors (Lipinski definition) is 5. The normalized spacial score (nSPS) is 10.3.